The number of halogens is 2. The molecule has 1 saturated heterocycles. The van der Waals surface area contributed by atoms with Gasteiger partial charge in [0.2, 0.25) is 5.95 Å². The first kappa shape index (κ1) is 23.6. The Labute approximate surface area is 213 Å². The number of benzene rings is 2. The van der Waals surface area contributed by atoms with Crippen LogP contribution in [0.25, 0.3) is 0 Å². The van der Waals surface area contributed by atoms with E-state index in [1.165, 1.54) is 11.1 Å². The van der Waals surface area contributed by atoms with Gasteiger partial charge in [-0.2, -0.15) is 4.98 Å². The van der Waals surface area contributed by atoms with Gasteiger partial charge in [0.15, 0.2) is 0 Å². The summed E-state index contributed by atoms with van der Waals surface area (Å²) in [7, 11) is 1.85. The molecule has 0 spiro atoms. The van der Waals surface area contributed by atoms with Crippen LogP contribution < -0.4 is 25.3 Å². The number of anilines is 5. The van der Waals surface area contributed by atoms with E-state index in [0.717, 1.165) is 31.0 Å². The molecule has 2 aliphatic heterocycles. The fourth-order valence-corrected chi connectivity index (χ4v) is 4.95. The number of aromatic nitrogens is 2. The predicted molar refractivity (Wildman–Crippen MR) is 139 cm³/mol. The summed E-state index contributed by atoms with van der Waals surface area (Å²) in [6.45, 7) is 2.84. The standard InChI is InChI=1S/C24H25Cl2N7O2/c1-31-14-33(21-19(25)3-2-4-20(21)26)23(35)18-11-28-24(30-22(18)31)29-15-5-7-17(8-6-15)32-10-9-27-16(12-32)13-34/h2-8,11,16,27,34H,9-10,12-14H2,1H3,(H,28,29,30)/t16-/m0/s1. The van der Waals surface area contributed by atoms with E-state index in [1.54, 1.807) is 18.2 Å². The number of fused-ring (bicyclic) bond motifs is 1. The molecule has 0 unspecified atom stereocenters. The first-order valence-corrected chi connectivity index (χ1v) is 12.0. The van der Waals surface area contributed by atoms with Crippen molar-refractivity contribution in [3.63, 3.8) is 0 Å². The summed E-state index contributed by atoms with van der Waals surface area (Å²) >= 11 is 12.7. The number of carbonyl (C=O) groups excluding carboxylic acids is 1. The highest BCUT2D eigenvalue weighted by atomic mass is 35.5. The Kier molecular flexibility index (Phi) is 6.66. The number of aliphatic hydroxyl groups excluding tert-OH is 1. The molecule has 3 heterocycles. The van der Waals surface area contributed by atoms with Gasteiger partial charge in [-0.3, -0.25) is 9.69 Å². The minimum Gasteiger partial charge on any atom is -0.395 e. The first-order chi connectivity index (χ1) is 16.9. The van der Waals surface area contributed by atoms with E-state index in [9.17, 15) is 9.90 Å². The van der Waals surface area contributed by atoms with Crippen molar-refractivity contribution in [1.29, 1.82) is 0 Å². The van der Waals surface area contributed by atoms with Gasteiger partial charge in [0.25, 0.3) is 5.91 Å². The molecular weight excluding hydrogens is 489 g/mol. The maximum absolute atomic E-state index is 13.2. The summed E-state index contributed by atoms with van der Waals surface area (Å²) in [5, 5.41) is 16.7. The number of amides is 1. The Balaban J connectivity index is 1.33. The molecule has 1 atom stereocenters. The van der Waals surface area contributed by atoms with Gasteiger partial charge in [0, 0.05) is 50.3 Å². The molecule has 0 bridgehead atoms. The minimum atomic E-state index is -0.263. The van der Waals surface area contributed by atoms with E-state index >= 15 is 0 Å². The number of piperazine rings is 1. The van der Waals surface area contributed by atoms with Gasteiger partial charge in [0.1, 0.15) is 11.4 Å². The lowest BCUT2D eigenvalue weighted by Crippen LogP contribution is -2.52. The fourth-order valence-electron chi connectivity index (χ4n) is 4.35. The Morgan fingerprint density at radius 1 is 1.17 bits per heavy atom. The van der Waals surface area contributed by atoms with Gasteiger partial charge < -0.3 is 25.5 Å². The smallest absolute Gasteiger partial charge is 0.265 e. The number of hydrogen-bond donors (Lipinski definition) is 3. The average molecular weight is 514 g/mol. The Morgan fingerprint density at radius 2 is 1.91 bits per heavy atom. The lowest BCUT2D eigenvalue weighted by atomic mass is 10.2. The van der Waals surface area contributed by atoms with E-state index in [-0.39, 0.29) is 25.2 Å². The van der Waals surface area contributed by atoms with Crippen LogP contribution in [0.2, 0.25) is 10.0 Å². The number of para-hydroxylation sites is 1. The highest BCUT2D eigenvalue weighted by Gasteiger charge is 2.32. The topological polar surface area (TPSA) is 96.9 Å². The highest BCUT2D eigenvalue weighted by molar-refractivity contribution is 6.40. The van der Waals surface area contributed by atoms with E-state index in [2.05, 4.69) is 25.5 Å². The van der Waals surface area contributed by atoms with Crippen molar-refractivity contribution in [1.82, 2.24) is 15.3 Å². The molecule has 0 saturated carbocycles. The SMILES string of the molecule is CN1CN(c2c(Cl)cccc2Cl)C(=O)c2cnc(Nc3ccc(N4CCN[C@H](CO)C4)cc3)nc21. The third-order valence-corrected chi connectivity index (χ3v) is 6.74. The van der Waals surface area contributed by atoms with Crippen LogP contribution in [-0.2, 0) is 0 Å². The summed E-state index contributed by atoms with van der Waals surface area (Å²) in [4.78, 5) is 27.8. The van der Waals surface area contributed by atoms with Crippen LogP contribution in [0.1, 0.15) is 10.4 Å². The molecular formula is C24H25Cl2N7O2. The summed E-state index contributed by atoms with van der Waals surface area (Å²) in [5.41, 5.74) is 2.76. The molecule has 9 nitrogen and oxygen atoms in total. The highest BCUT2D eigenvalue weighted by Crippen LogP contribution is 2.37. The number of rotatable bonds is 5. The minimum absolute atomic E-state index is 0.0787. The van der Waals surface area contributed by atoms with Crippen LogP contribution in [-0.4, -0.2) is 67.0 Å². The summed E-state index contributed by atoms with van der Waals surface area (Å²) in [6.07, 6.45) is 1.52. The maximum Gasteiger partial charge on any atom is 0.265 e. The van der Waals surface area contributed by atoms with Gasteiger partial charge in [-0.15, -0.1) is 0 Å². The molecule has 1 aromatic heterocycles. The van der Waals surface area contributed by atoms with E-state index in [1.807, 2.05) is 36.2 Å². The zero-order valence-corrected chi connectivity index (χ0v) is 20.6. The van der Waals surface area contributed by atoms with Crippen molar-refractivity contribution in [2.75, 3.05) is 60.0 Å². The quantitative estimate of drug-likeness (QED) is 0.477. The largest absolute Gasteiger partial charge is 0.395 e. The summed E-state index contributed by atoms with van der Waals surface area (Å²) < 4.78 is 0. The number of nitrogens with zero attached hydrogens (tertiary/aromatic N) is 5. The second-order valence-electron chi connectivity index (χ2n) is 8.53. The monoisotopic (exact) mass is 513 g/mol. The van der Waals surface area contributed by atoms with Gasteiger partial charge in [-0.1, -0.05) is 29.3 Å². The van der Waals surface area contributed by atoms with Crippen LogP contribution in [0.5, 0.6) is 0 Å². The molecule has 3 aromatic rings. The zero-order valence-electron chi connectivity index (χ0n) is 19.1. The molecule has 1 fully saturated rings. The van der Waals surface area contributed by atoms with Crippen LogP contribution >= 0.6 is 23.2 Å². The third kappa shape index (κ3) is 4.72. The van der Waals surface area contributed by atoms with Crippen molar-refractivity contribution in [2.24, 2.45) is 0 Å². The lowest BCUT2D eigenvalue weighted by Gasteiger charge is -2.35. The van der Waals surface area contributed by atoms with Crippen molar-refractivity contribution < 1.29 is 9.90 Å². The van der Waals surface area contributed by atoms with E-state index in [0.29, 0.717) is 33.1 Å². The van der Waals surface area contributed by atoms with E-state index < -0.39 is 0 Å². The normalized spacial score (nSPS) is 18.0. The summed E-state index contributed by atoms with van der Waals surface area (Å²) in [6, 6.07) is 13.2. The van der Waals surface area contributed by atoms with Crippen molar-refractivity contribution in [3.8, 4) is 0 Å². The molecule has 5 rings (SSSR count). The van der Waals surface area contributed by atoms with Crippen LogP contribution in [0.4, 0.5) is 28.8 Å². The molecule has 182 valence electrons. The van der Waals surface area contributed by atoms with Gasteiger partial charge in [-0.05, 0) is 36.4 Å². The van der Waals surface area contributed by atoms with Crippen LogP contribution in [0.15, 0.2) is 48.7 Å². The van der Waals surface area contributed by atoms with Gasteiger partial charge in [-0.25, -0.2) is 4.98 Å². The number of nitrogens with one attached hydrogen (secondary N) is 2. The Hall–Kier alpha value is -3.11. The Morgan fingerprint density at radius 3 is 2.63 bits per heavy atom. The second kappa shape index (κ2) is 9.87. The fraction of sp³-hybridized carbons (Fsp3) is 0.292. The van der Waals surface area contributed by atoms with E-state index in [4.69, 9.17) is 23.2 Å². The zero-order chi connectivity index (χ0) is 24.5. The molecule has 1 amide bonds. The van der Waals surface area contributed by atoms with Crippen molar-refractivity contribution in [2.45, 2.75) is 6.04 Å². The number of aliphatic hydroxyl groups is 1. The van der Waals surface area contributed by atoms with Crippen LogP contribution in [0, 0.1) is 0 Å². The predicted octanol–water partition coefficient (Wildman–Crippen LogP) is 3.35. The average Bonchev–Trinajstić information content (AvgIpc) is 2.87. The molecule has 3 N–H and O–H groups in total. The number of hydrogen-bond acceptors (Lipinski definition) is 8. The molecule has 2 aromatic carbocycles. The molecule has 2 aliphatic rings. The second-order valence-corrected chi connectivity index (χ2v) is 9.34. The van der Waals surface area contributed by atoms with Crippen LogP contribution in [0.3, 0.4) is 0 Å². The molecule has 11 heteroatoms. The molecule has 35 heavy (non-hydrogen) atoms. The molecule has 0 radical (unpaired) electrons. The first-order valence-electron chi connectivity index (χ1n) is 11.2. The van der Waals surface area contributed by atoms with Gasteiger partial charge >= 0.3 is 0 Å². The maximum atomic E-state index is 13.2. The van der Waals surface area contributed by atoms with Crippen molar-refractivity contribution in [3.05, 3.63) is 64.3 Å². The van der Waals surface area contributed by atoms with Crippen molar-refractivity contribution >= 4 is 57.9 Å². The number of carbonyl (C=O) groups is 1. The lowest BCUT2D eigenvalue weighted by molar-refractivity contribution is 0.0982. The molecule has 0 aliphatic carbocycles. The Bertz CT molecular complexity index is 1220. The summed E-state index contributed by atoms with van der Waals surface area (Å²) in [5.74, 6) is 0.656. The third-order valence-electron chi connectivity index (χ3n) is 6.13. The van der Waals surface area contributed by atoms with Gasteiger partial charge in [0.05, 0.1) is 29.0 Å².